The lowest BCUT2D eigenvalue weighted by Crippen LogP contribution is -2.30. The molecule has 0 spiro atoms. The maximum absolute atomic E-state index is 12.4. The van der Waals surface area contributed by atoms with Crippen LogP contribution in [0.5, 0.6) is 0 Å². The Morgan fingerprint density at radius 2 is 2.42 bits per heavy atom. The second kappa shape index (κ2) is 6.04. The van der Waals surface area contributed by atoms with Gasteiger partial charge in [-0.25, -0.2) is 0 Å². The fraction of sp³-hybridized carbons (Fsp3) is 0.231. The Hall–Kier alpha value is -1.59. The summed E-state index contributed by atoms with van der Waals surface area (Å²) in [5.41, 5.74) is 1.35. The van der Waals surface area contributed by atoms with Crippen molar-refractivity contribution in [3.05, 3.63) is 51.5 Å². The molecule has 0 aliphatic carbocycles. The Bertz CT molecular complexity index is 590. The molecule has 1 amide bonds. The van der Waals surface area contributed by atoms with Crippen LogP contribution in [0.1, 0.15) is 20.9 Å². The van der Waals surface area contributed by atoms with Crippen LogP contribution in [0.25, 0.3) is 0 Å². The Morgan fingerprint density at radius 1 is 1.63 bits per heavy atom. The first kappa shape index (κ1) is 13.8. The van der Waals surface area contributed by atoms with Crippen molar-refractivity contribution >= 4 is 28.8 Å². The predicted molar refractivity (Wildman–Crippen MR) is 77.6 cm³/mol. The highest BCUT2D eigenvalue weighted by Crippen LogP contribution is 2.23. The third kappa shape index (κ3) is 3.24. The highest BCUT2D eigenvalue weighted by molar-refractivity contribution is 7.16. The van der Waals surface area contributed by atoms with Gasteiger partial charge in [0.1, 0.15) is 0 Å². The Morgan fingerprint density at radius 3 is 2.95 bits per heavy atom. The van der Waals surface area contributed by atoms with Crippen molar-refractivity contribution in [2.24, 2.45) is 0 Å². The van der Waals surface area contributed by atoms with Gasteiger partial charge in [0.05, 0.1) is 22.6 Å². The maximum atomic E-state index is 12.4. The van der Waals surface area contributed by atoms with Crippen molar-refractivity contribution in [2.75, 3.05) is 6.54 Å². The summed E-state index contributed by atoms with van der Waals surface area (Å²) in [7, 11) is 0. The van der Waals surface area contributed by atoms with Gasteiger partial charge in [0.25, 0.3) is 5.91 Å². The summed E-state index contributed by atoms with van der Waals surface area (Å²) >= 11 is 7.38. The van der Waals surface area contributed by atoms with E-state index in [1.54, 1.807) is 17.2 Å². The highest BCUT2D eigenvalue weighted by Gasteiger charge is 2.18. The topological polar surface area (TPSA) is 49.0 Å². The van der Waals surface area contributed by atoms with Gasteiger partial charge in [0.15, 0.2) is 0 Å². The summed E-state index contributed by atoms with van der Waals surface area (Å²) in [6.07, 6.45) is 3.26. The van der Waals surface area contributed by atoms with E-state index in [0.717, 1.165) is 14.9 Å². The summed E-state index contributed by atoms with van der Waals surface area (Å²) in [6.45, 7) is 6.53. The molecule has 2 aromatic rings. The average molecular weight is 296 g/mol. The van der Waals surface area contributed by atoms with E-state index < -0.39 is 0 Å². The summed E-state index contributed by atoms with van der Waals surface area (Å²) < 4.78 is 0.723. The summed E-state index contributed by atoms with van der Waals surface area (Å²) in [5, 5.41) is 6.65. The number of carbonyl (C=O) groups is 1. The van der Waals surface area contributed by atoms with Gasteiger partial charge in [-0.05, 0) is 19.1 Å². The molecule has 2 rings (SSSR count). The third-order valence-electron chi connectivity index (χ3n) is 2.67. The zero-order chi connectivity index (χ0) is 13.8. The minimum atomic E-state index is -0.0596. The van der Waals surface area contributed by atoms with Gasteiger partial charge < -0.3 is 4.90 Å². The SMILES string of the molecule is C=CCN(Cc1ccc(Cl)s1)C(=O)c1cn[nH]c1C. The first-order valence-corrected chi connectivity index (χ1v) is 6.95. The van der Waals surface area contributed by atoms with Gasteiger partial charge in [-0.15, -0.1) is 17.9 Å². The average Bonchev–Trinajstić information content (AvgIpc) is 2.97. The van der Waals surface area contributed by atoms with Crippen LogP contribution in [0.4, 0.5) is 0 Å². The van der Waals surface area contributed by atoms with Crippen molar-refractivity contribution in [1.29, 1.82) is 0 Å². The van der Waals surface area contributed by atoms with Crippen LogP contribution in [0.2, 0.25) is 4.34 Å². The number of aryl methyl sites for hydroxylation is 1. The number of rotatable bonds is 5. The lowest BCUT2D eigenvalue weighted by atomic mass is 10.2. The zero-order valence-electron chi connectivity index (χ0n) is 10.5. The van der Waals surface area contributed by atoms with Crippen LogP contribution in [0, 0.1) is 6.92 Å². The molecular weight excluding hydrogens is 282 g/mol. The van der Waals surface area contributed by atoms with E-state index in [4.69, 9.17) is 11.6 Å². The van der Waals surface area contributed by atoms with Gasteiger partial charge in [-0.2, -0.15) is 5.10 Å². The molecule has 0 fully saturated rings. The fourth-order valence-corrected chi connectivity index (χ4v) is 2.84. The van der Waals surface area contributed by atoms with Crippen LogP contribution in [0.3, 0.4) is 0 Å². The lowest BCUT2D eigenvalue weighted by Gasteiger charge is -2.20. The lowest BCUT2D eigenvalue weighted by molar-refractivity contribution is 0.0763. The van der Waals surface area contributed by atoms with Crippen LogP contribution in [-0.4, -0.2) is 27.5 Å². The van der Waals surface area contributed by atoms with Crippen molar-refractivity contribution in [1.82, 2.24) is 15.1 Å². The molecule has 0 unspecified atom stereocenters. The molecule has 100 valence electrons. The molecule has 0 aliphatic rings. The molecule has 0 atom stereocenters. The fourth-order valence-electron chi connectivity index (χ4n) is 1.74. The second-order valence-corrected chi connectivity index (χ2v) is 5.89. The summed E-state index contributed by atoms with van der Waals surface area (Å²) in [5.74, 6) is -0.0596. The number of thiophene rings is 1. The number of carbonyl (C=O) groups excluding carboxylic acids is 1. The van der Waals surface area contributed by atoms with Crippen LogP contribution >= 0.6 is 22.9 Å². The Kier molecular flexibility index (Phi) is 4.39. The standard InChI is InChI=1S/C13H14ClN3OS/c1-3-6-17(8-10-4-5-12(14)19-10)13(18)11-7-15-16-9(11)2/h3-5,7H,1,6,8H2,2H3,(H,15,16). The quantitative estimate of drug-likeness (QED) is 0.861. The highest BCUT2D eigenvalue weighted by atomic mass is 35.5. The largest absolute Gasteiger partial charge is 0.330 e. The van der Waals surface area contributed by atoms with E-state index in [1.807, 2.05) is 19.1 Å². The van der Waals surface area contributed by atoms with E-state index in [-0.39, 0.29) is 5.91 Å². The molecule has 0 aliphatic heterocycles. The smallest absolute Gasteiger partial charge is 0.257 e. The van der Waals surface area contributed by atoms with Gasteiger partial charge in [-0.3, -0.25) is 9.89 Å². The van der Waals surface area contributed by atoms with Crippen molar-refractivity contribution in [3.8, 4) is 0 Å². The minimum absolute atomic E-state index is 0.0596. The second-order valence-electron chi connectivity index (χ2n) is 4.09. The number of H-pyrrole nitrogens is 1. The third-order valence-corrected chi connectivity index (χ3v) is 3.89. The first-order valence-electron chi connectivity index (χ1n) is 5.76. The van der Waals surface area contributed by atoms with Crippen LogP contribution in [-0.2, 0) is 6.54 Å². The Labute approximate surface area is 120 Å². The van der Waals surface area contributed by atoms with Gasteiger partial charge >= 0.3 is 0 Å². The normalized spacial score (nSPS) is 10.4. The molecule has 0 aromatic carbocycles. The van der Waals surface area contributed by atoms with Crippen molar-refractivity contribution in [2.45, 2.75) is 13.5 Å². The molecule has 4 nitrogen and oxygen atoms in total. The number of amides is 1. The Balaban J connectivity index is 2.18. The maximum Gasteiger partial charge on any atom is 0.257 e. The molecule has 0 saturated heterocycles. The summed E-state index contributed by atoms with van der Waals surface area (Å²) in [6, 6.07) is 3.76. The molecule has 0 radical (unpaired) electrons. The van der Waals surface area contributed by atoms with E-state index in [2.05, 4.69) is 16.8 Å². The van der Waals surface area contributed by atoms with Gasteiger partial charge in [0.2, 0.25) is 0 Å². The number of aromatic nitrogens is 2. The molecule has 0 saturated carbocycles. The molecule has 0 bridgehead atoms. The van der Waals surface area contributed by atoms with Crippen LogP contribution < -0.4 is 0 Å². The number of halogens is 1. The number of hydrogen-bond donors (Lipinski definition) is 1. The van der Waals surface area contributed by atoms with Gasteiger partial charge in [0, 0.05) is 17.1 Å². The first-order chi connectivity index (χ1) is 9.11. The molecule has 6 heteroatoms. The number of nitrogens with one attached hydrogen (secondary N) is 1. The van der Waals surface area contributed by atoms with Crippen molar-refractivity contribution < 1.29 is 4.79 Å². The zero-order valence-corrected chi connectivity index (χ0v) is 12.1. The monoisotopic (exact) mass is 295 g/mol. The minimum Gasteiger partial charge on any atom is -0.330 e. The van der Waals surface area contributed by atoms with Gasteiger partial charge in [-0.1, -0.05) is 17.7 Å². The molecule has 1 N–H and O–H groups in total. The van der Waals surface area contributed by atoms with E-state index >= 15 is 0 Å². The van der Waals surface area contributed by atoms with Crippen LogP contribution in [0.15, 0.2) is 31.0 Å². The molecule has 2 aromatic heterocycles. The molecule has 2 heterocycles. The van der Waals surface area contributed by atoms with E-state index in [1.165, 1.54) is 11.3 Å². The number of aromatic amines is 1. The van der Waals surface area contributed by atoms with E-state index in [0.29, 0.717) is 18.7 Å². The van der Waals surface area contributed by atoms with E-state index in [9.17, 15) is 4.79 Å². The molecule has 19 heavy (non-hydrogen) atoms. The number of hydrogen-bond acceptors (Lipinski definition) is 3. The number of nitrogens with zero attached hydrogens (tertiary/aromatic N) is 2. The van der Waals surface area contributed by atoms with Crippen molar-refractivity contribution in [3.63, 3.8) is 0 Å². The summed E-state index contributed by atoms with van der Waals surface area (Å²) in [4.78, 5) is 15.2. The predicted octanol–water partition coefficient (Wildman–Crippen LogP) is 3.26. The molecular formula is C13H14ClN3OS.